The average molecular weight is 423 g/mol. The maximum absolute atomic E-state index is 12.7. The number of nitrogens with zero attached hydrogens (tertiary/aromatic N) is 3. The van der Waals surface area contributed by atoms with Gasteiger partial charge in [-0.15, -0.1) is 0 Å². The highest BCUT2D eigenvalue weighted by Crippen LogP contribution is 2.21. The third-order valence-corrected chi connectivity index (χ3v) is 5.96. The molecule has 1 saturated heterocycles. The number of nitrogens with one attached hydrogen (secondary N) is 1. The minimum Gasteiger partial charge on any atom is -0.322 e. The van der Waals surface area contributed by atoms with E-state index in [1.165, 1.54) is 18.4 Å². The van der Waals surface area contributed by atoms with E-state index in [-0.39, 0.29) is 5.91 Å². The summed E-state index contributed by atoms with van der Waals surface area (Å²) in [6.07, 6.45) is 4.18. The van der Waals surface area contributed by atoms with E-state index in [0.29, 0.717) is 5.56 Å². The first-order valence-electron chi connectivity index (χ1n) is 11.1. The van der Waals surface area contributed by atoms with Crippen LogP contribution in [0.4, 0.5) is 5.69 Å². The Morgan fingerprint density at radius 3 is 2.53 bits per heavy atom. The van der Waals surface area contributed by atoms with E-state index >= 15 is 0 Å². The Hall–Kier alpha value is -3.57. The summed E-state index contributed by atoms with van der Waals surface area (Å²) in [6.45, 7) is 5.28. The van der Waals surface area contributed by atoms with E-state index in [4.69, 9.17) is 4.98 Å². The summed E-state index contributed by atoms with van der Waals surface area (Å²) in [4.78, 5) is 24.4. The number of carbonyl (C=O) groups is 1. The number of anilines is 1. The molecule has 1 N–H and O–H groups in total. The Kier molecular flexibility index (Phi) is 5.65. The first kappa shape index (κ1) is 20.3. The van der Waals surface area contributed by atoms with Gasteiger partial charge < -0.3 is 5.32 Å². The Balaban J connectivity index is 1.28. The Labute approximate surface area is 188 Å². The lowest BCUT2D eigenvalue weighted by Gasteiger charge is -2.14. The van der Waals surface area contributed by atoms with E-state index in [0.717, 1.165) is 53.2 Å². The van der Waals surface area contributed by atoms with Crippen LogP contribution in [0.5, 0.6) is 0 Å². The largest absolute Gasteiger partial charge is 0.322 e. The summed E-state index contributed by atoms with van der Waals surface area (Å²) in [5, 5.41) is 3.99. The molecule has 0 atom stereocenters. The molecule has 1 aliphatic heterocycles. The van der Waals surface area contributed by atoms with E-state index in [9.17, 15) is 4.79 Å². The van der Waals surface area contributed by atoms with Gasteiger partial charge in [0.15, 0.2) is 0 Å². The molecule has 0 saturated carbocycles. The fourth-order valence-electron chi connectivity index (χ4n) is 4.13. The molecular formula is C27H26N4O. The summed E-state index contributed by atoms with van der Waals surface area (Å²) in [6, 6.07) is 21.9. The van der Waals surface area contributed by atoms with Crippen LogP contribution >= 0.6 is 0 Å². The van der Waals surface area contributed by atoms with Crippen molar-refractivity contribution >= 4 is 22.5 Å². The fraction of sp³-hybridized carbons (Fsp3) is 0.222. The Morgan fingerprint density at radius 2 is 1.78 bits per heavy atom. The average Bonchev–Trinajstić information content (AvgIpc) is 3.33. The first-order valence-corrected chi connectivity index (χ1v) is 11.1. The molecule has 0 aliphatic carbocycles. The number of rotatable bonds is 5. The lowest BCUT2D eigenvalue weighted by Crippen LogP contribution is -2.19. The SMILES string of the molecule is Cc1ccc(-c2ccc(C(=O)Nc3ccc4nc(CN5CCCC5)ccc4c3)cn2)cc1. The van der Waals surface area contributed by atoms with Crippen LogP contribution in [0.1, 0.15) is 34.5 Å². The fourth-order valence-corrected chi connectivity index (χ4v) is 4.13. The van der Waals surface area contributed by atoms with Crippen molar-refractivity contribution in [3.8, 4) is 11.3 Å². The normalized spacial score (nSPS) is 14.0. The standard InChI is InChI=1S/C27H26N4O/c1-19-4-6-20(7-5-19)25-12-9-22(17-28-25)27(32)30-23-11-13-26-21(16-23)8-10-24(29-26)18-31-14-2-3-15-31/h4-13,16-17H,2-3,14-15,18H2,1H3,(H,30,32). The lowest BCUT2D eigenvalue weighted by molar-refractivity contribution is 0.102. The summed E-state index contributed by atoms with van der Waals surface area (Å²) in [5.41, 5.74) is 6.41. The van der Waals surface area contributed by atoms with Gasteiger partial charge in [0.2, 0.25) is 0 Å². The maximum Gasteiger partial charge on any atom is 0.257 e. The Morgan fingerprint density at radius 1 is 0.969 bits per heavy atom. The van der Waals surface area contributed by atoms with Crippen molar-refractivity contribution in [2.45, 2.75) is 26.3 Å². The van der Waals surface area contributed by atoms with Crippen molar-refractivity contribution in [1.29, 1.82) is 0 Å². The van der Waals surface area contributed by atoms with E-state index in [2.05, 4.69) is 46.4 Å². The zero-order chi connectivity index (χ0) is 21.9. The molecule has 160 valence electrons. The molecule has 5 nitrogen and oxygen atoms in total. The predicted molar refractivity (Wildman–Crippen MR) is 129 cm³/mol. The number of carbonyl (C=O) groups excluding carboxylic acids is 1. The second-order valence-electron chi connectivity index (χ2n) is 8.45. The molecule has 3 heterocycles. The number of fused-ring (bicyclic) bond motifs is 1. The van der Waals surface area contributed by atoms with Crippen molar-refractivity contribution < 1.29 is 4.79 Å². The summed E-state index contributed by atoms with van der Waals surface area (Å²) < 4.78 is 0. The molecule has 1 fully saturated rings. The molecule has 0 spiro atoms. The van der Waals surface area contributed by atoms with Crippen LogP contribution in [0.15, 0.2) is 72.9 Å². The molecule has 5 rings (SSSR count). The van der Waals surface area contributed by atoms with Crippen LogP contribution in [-0.2, 0) is 6.54 Å². The third-order valence-electron chi connectivity index (χ3n) is 5.96. The maximum atomic E-state index is 12.7. The van der Waals surface area contributed by atoms with E-state index in [1.54, 1.807) is 6.20 Å². The van der Waals surface area contributed by atoms with Gasteiger partial charge in [-0.2, -0.15) is 0 Å². The number of aryl methyl sites for hydroxylation is 1. The number of likely N-dealkylation sites (tertiary alicyclic amines) is 1. The highest BCUT2D eigenvalue weighted by atomic mass is 16.1. The van der Waals surface area contributed by atoms with Gasteiger partial charge in [-0.05, 0) is 69.3 Å². The van der Waals surface area contributed by atoms with Gasteiger partial charge in [-0.3, -0.25) is 19.7 Å². The van der Waals surface area contributed by atoms with Crippen molar-refractivity contribution in [2.24, 2.45) is 0 Å². The van der Waals surface area contributed by atoms with Crippen LogP contribution in [0.25, 0.3) is 22.2 Å². The molecule has 2 aromatic heterocycles. The van der Waals surface area contributed by atoms with Gasteiger partial charge in [0.25, 0.3) is 5.91 Å². The predicted octanol–water partition coefficient (Wildman–Crippen LogP) is 5.45. The van der Waals surface area contributed by atoms with Gasteiger partial charge >= 0.3 is 0 Å². The number of amides is 1. The highest BCUT2D eigenvalue weighted by molar-refractivity contribution is 6.05. The van der Waals surface area contributed by atoms with E-state index < -0.39 is 0 Å². The van der Waals surface area contributed by atoms with Crippen LogP contribution in [0, 0.1) is 6.92 Å². The lowest BCUT2D eigenvalue weighted by atomic mass is 10.1. The quantitative estimate of drug-likeness (QED) is 0.464. The first-order chi connectivity index (χ1) is 15.6. The Bertz CT molecular complexity index is 1240. The number of benzene rings is 2. The zero-order valence-electron chi connectivity index (χ0n) is 18.2. The minimum absolute atomic E-state index is 0.175. The summed E-state index contributed by atoms with van der Waals surface area (Å²) in [7, 11) is 0. The second kappa shape index (κ2) is 8.89. The number of hydrogen-bond acceptors (Lipinski definition) is 4. The van der Waals surface area contributed by atoms with Crippen LogP contribution in [0.3, 0.4) is 0 Å². The van der Waals surface area contributed by atoms with Gasteiger partial charge in [0, 0.05) is 29.4 Å². The molecule has 2 aromatic carbocycles. The van der Waals surface area contributed by atoms with Gasteiger partial charge in [-0.25, -0.2) is 0 Å². The van der Waals surface area contributed by atoms with Crippen molar-refractivity contribution in [3.05, 3.63) is 89.7 Å². The van der Waals surface area contributed by atoms with Crippen LogP contribution in [0.2, 0.25) is 0 Å². The number of pyridine rings is 2. The van der Waals surface area contributed by atoms with E-state index in [1.807, 2.05) is 42.5 Å². The number of aromatic nitrogens is 2. The number of hydrogen-bond donors (Lipinski definition) is 1. The smallest absolute Gasteiger partial charge is 0.257 e. The highest BCUT2D eigenvalue weighted by Gasteiger charge is 2.13. The molecule has 0 unspecified atom stereocenters. The molecule has 0 radical (unpaired) electrons. The second-order valence-corrected chi connectivity index (χ2v) is 8.45. The van der Waals surface area contributed by atoms with Crippen molar-refractivity contribution in [2.75, 3.05) is 18.4 Å². The van der Waals surface area contributed by atoms with Gasteiger partial charge in [0.1, 0.15) is 0 Å². The molecule has 1 amide bonds. The van der Waals surface area contributed by atoms with Crippen LogP contribution in [-0.4, -0.2) is 33.9 Å². The molecule has 1 aliphatic rings. The molecule has 0 bridgehead atoms. The van der Waals surface area contributed by atoms with Crippen LogP contribution < -0.4 is 5.32 Å². The monoisotopic (exact) mass is 422 g/mol. The summed E-state index contributed by atoms with van der Waals surface area (Å²) >= 11 is 0. The van der Waals surface area contributed by atoms with Crippen molar-refractivity contribution in [3.63, 3.8) is 0 Å². The van der Waals surface area contributed by atoms with Gasteiger partial charge in [-0.1, -0.05) is 35.9 Å². The molecule has 4 aromatic rings. The molecular weight excluding hydrogens is 396 g/mol. The topological polar surface area (TPSA) is 58.1 Å². The molecule has 5 heteroatoms. The zero-order valence-corrected chi connectivity index (χ0v) is 18.2. The third kappa shape index (κ3) is 4.53. The summed E-state index contributed by atoms with van der Waals surface area (Å²) in [5.74, 6) is -0.175. The molecule has 32 heavy (non-hydrogen) atoms. The minimum atomic E-state index is -0.175. The van der Waals surface area contributed by atoms with Crippen molar-refractivity contribution in [1.82, 2.24) is 14.9 Å². The van der Waals surface area contributed by atoms with Gasteiger partial charge in [0.05, 0.1) is 22.5 Å².